The van der Waals surface area contributed by atoms with E-state index in [0.717, 1.165) is 0 Å². The van der Waals surface area contributed by atoms with Crippen molar-refractivity contribution in [2.45, 2.75) is 6.10 Å². The van der Waals surface area contributed by atoms with Crippen molar-refractivity contribution in [1.29, 1.82) is 0 Å². The van der Waals surface area contributed by atoms with E-state index in [1.54, 1.807) is 12.3 Å². The maximum absolute atomic E-state index is 9.00. The maximum Gasteiger partial charge on any atom is 0.389 e. The Morgan fingerprint density at radius 2 is 1.89 bits per heavy atom. The van der Waals surface area contributed by atoms with Gasteiger partial charge in [-0.2, -0.15) is 14.9 Å². The average molecular weight is 282 g/mol. The van der Waals surface area contributed by atoms with E-state index >= 15 is 0 Å². The molecule has 0 radical (unpaired) electrons. The van der Waals surface area contributed by atoms with Gasteiger partial charge in [0.25, 0.3) is 0 Å². The first-order valence-electron chi connectivity index (χ1n) is 5.16. The molecule has 0 aliphatic rings. The molecule has 0 fully saturated rings. The van der Waals surface area contributed by atoms with Gasteiger partial charge in [0.2, 0.25) is 0 Å². The molecule has 0 aliphatic heterocycles. The number of hydrogen-bond acceptors (Lipinski definition) is 6. The Labute approximate surface area is 111 Å². The molecule has 0 aromatic carbocycles. The molecular weight excluding hydrogens is 274 g/mol. The van der Waals surface area contributed by atoms with Gasteiger partial charge in [0, 0.05) is 23.5 Å². The highest BCUT2D eigenvalue weighted by molar-refractivity contribution is 6.32. The van der Waals surface area contributed by atoms with Crippen LogP contribution in [-0.2, 0) is 6.10 Å². The minimum Gasteiger partial charge on any atom is -0.324 e. The average Bonchev–Trinajstić information content (AvgIpc) is 2.94. The van der Waals surface area contributed by atoms with Crippen LogP contribution in [0.5, 0.6) is 0 Å². The second kappa shape index (κ2) is 4.00. The van der Waals surface area contributed by atoms with Crippen LogP contribution < -0.4 is 0 Å². The molecule has 3 aromatic heterocycles. The third-order valence-corrected chi connectivity index (χ3v) is 2.87. The SMILES string of the molecule is OC(O)(O)n1cc(-c2cc3c(Cl)ncnn3c2)cn1. The van der Waals surface area contributed by atoms with E-state index in [-0.39, 0.29) is 0 Å². The number of halogens is 1. The first kappa shape index (κ1) is 12.1. The minimum absolute atomic E-state index is 0.300. The topological polar surface area (TPSA) is 109 Å². The molecule has 9 heteroatoms. The molecule has 0 saturated heterocycles. The van der Waals surface area contributed by atoms with Gasteiger partial charge >= 0.3 is 6.10 Å². The Balaban J connectivity index is 2.09. The molecule has 0 aliphatic carbocycles. The molecule has 0 unspecified atom stereocenters. The summed E-state index contributed by atoms with van der Waals surface area (Å²) in [5.74, 6) is 0. The fourth-order valence-electron chi connectivity index (χ4n) is 1.69. The molecule has 19 heavy (non-hydrogen) atoms. The molecule has 3 heterocycles. The lowest BCUT2D eigenvalue weighted by Crippen LogP contribution is -2.32. The molecule has 3 N–H and O–H groups in total. The van der Waals surface area contributed by atoms with Gasteiger partial charge in [-0.15, -0.1) is 0 Å². The largest absolute Gasteiger partial charge is 0.389 e. The van der Waals surface area contributed by atoms with Crippen LogP contribution in [0.3, 0.4) is 0 Å². The van der Waals surface area contributed by atoms with E-state index in [2.05, 4.69) is 15.2 Å². The summed E-state index contributed by atoms with van der Waals surface area (Å²) in [6.45, 7) is 0. The van der Waals surface area contributed by atoms with Crippen molar-refractivity contribution in [1.82, 2.24) is 24.4 Å². The van der Waals surface area contributed by atoms with Crippen LogP contribution >= 0.6 is 11.6 Å². The zero-order chi connectivity index (χ0) is 13.6. The van der Waals surface area contributed by atoms with Crippen molar-refractivity contribution in [3.63, 3.8) is 0 Å². The Kier molecular flexibility index (Phi) is 2.54. The van der Waals surface area contributed by atoms with E-state index in [1.807, 2.05) is 0 Å². The van der Waals surface area contributed by atoms with Gasteiger partial charge in [-0.3, -0.25) is 0 Å². The van der Waals surface area contributed by atoms with Crippen LogP contribution in [0.1, 0.15) is 0 Å². The lowest BCUT2D eigenvalue weighted by atomic mass is 10.2. The number of hydrogen-bond donors (Lipinski definition) is 3. The Hall–Kier alpha value is -2.00. The van der Waals surface area contributed by atoms with Crippen LogP contribution in [0, 0.1) is 0 Å². The van der Waals surface area contributed by atoms with Gasteiger partial charge in [0.15, 0.2) is 5.15 Å². The first-order valence-corrected chi connectivity index (χ1v) is 5.54. The monoisotopic (exact) mass is 281 g/mol. The van der Waals surface area contributed by atoms with Gasteiger partial charge < -0.3 is 15.3 Å². The molecule has 98 valence electrons. The zero-order valence-electron chi connectivity index (χ0n) is 9.34. The fourth-order valence-corrected chi connectivity index (χ4v) is 1.88. The minimum atomic E-state index is -3.03. The molecule has 0 bridgehead atoms. The highest BCUT2D eigenvalue weighted by atomic mass is 35.5. The van der Waals surface area contributed by atoms with Crippen molar-refractivity contribution >= 4 is 17.1 Å². The third kappa shape index (κ3) is 2.06. The van der Waals surface area contributed by atoms with Crippen LogP contribution in [0.25, 0.3) is 16.6 Å². The number of aliphatic hydroxyl groups is 3. The van der Waals surface area contributed by atoms with E-state index in [9.17, 15) is 0 Å². The van der Waals surface area contributed by atoms with Gasteiger partial charge in [-0.25, -0.2) is 9.50 Å². The normalized spacial score (nSPS) is 12.2. The maximum atomic E-state index is 9.00. The lowest BCUT2D eigenvalue weighted by Gasteiger charge is -2.12. The predicted octanol–water partition coefficient (Wildman–Crippen LogP) is -0.209. The molecule has 8 nitrogen and oxygen atoms in total. The molecular formula is C10H8ClN5O3. The number of fused-ring (bicyclic) bond motifs is 1. The highest BCUT2D eigenvalue weighted by Gasteiger charge is 2.22. The number of nitrogens with zero attached hydrogens (tertiary/aromatic N) is 5. The Morgan fingerprint density at radius 3 is 2.53 bits per heavy atom. The quantitative estimate of drug-likeness (QED) is 0.561. The van der Waals surface area contributed by atoms with Crippen molar-refractivity contribution in [2.24, 2.45) is 0 Å². The van der Waals surface area contributed by atoms with Gasteiger partial charge in [-0.05, 0) is 6.07 Å². The first-order chi connectivity index (χ1) is 8.95. The van der Waals surface area contributed by atoms with Crippen molar-refractivity contribution < 1.29 is 15.3 Å². The second-order valence-electron chi connectivity index (χ2n) is 3.88. The van der Waals surface area contributed by atoms with Gasteiger partial charge in [0.05, 0.1) is 6.20 Å². The van der Waals surface area contributed by atoms with Crippen LogP contribution in [0.15, 0.2) is 31.0 Å². The summed E-state index contributed by atoms with van der Waals surface area (Å²) < 4.78 is 2.14. The lowest BCUT2D eigenvalue weighted by molar-refractivity contribution is -0.380. The number of aromatic nitrogens is 5. The summed E-state index contributed by atoms with van der Waals surface area (Å²) in [5.41, 5.74) is 1.86. The smallest absolute Gasteiger partial charge is 0.324 e. The van der Waals surface area contributed by atoms with Crippen LogP contribution in [0.2, 0.25) is 5.15 Å². The van der Waals surface area contributed by atoms with Crippen molar-refractivity contribution in [3.8, 4) is 11.1 Å². The second-order valence-corrected chi connectivity index (χ2v) is 4.24. The molecule has 3 aromatic rings. The van der Waals surface area contributed by atoms with E-state index < -0.39 is 6.10 Å². The van der Waals surface area contributed by atoms with Gasteiger partial charge in [0.1, 0.15) is 11.8 Å². The highest BCUT2D eigenvalue weighted by Crippen LogP contribution is 2.25. The summed E-state index contributed by atoms with van der Waals surface area (Å²) in [6.07, 6.45) is 2.61. The Bertz CT molecular complexity index is 745. The van der Waals surface area contributed by atoms with Crippen LogP contribution in [-0.4, -0.2) is 39.7 Å². The third-order valence-electron chi connectivity index (χ3n) is 2.58. The zero-order valence-corrected chi connectivity index (χ0v) is 10.1. The molecule has 0 amide bonds. The molecule has 0 atom stereocenters. The summed E-state index contributed by atoms with van der Waals surface area (Å²) in [6, 6.07) is 1.72. The molecule has 0 spiro atoms. The summed E-state index contributed by atoms with van der Waals surface area (Å²) in [5, 5.41) is 34.9. The van der Waals surface area contributed by atoms with E-state index in [1.165, 1.54) is 23.2 Å². The summed E-state index contributed by atoms with van der Waals surface area (Å²) in [7, 11) is 0. The van der Waals surface area contributed by atoms with Crippen LogP contribution in [0.4, 0.5) is 0 Å². The fraction of sp³-hybridized carbons (Fsp3) is 0.100. The molecule has 3 rings (SSSR count). The molecule has 0 saturated carbocycles. The van der Waals surface area contributed by atoms with Crippen molar-refractivity contribution in [3.05, 3.63) is 36.1 Å². The Morgan fingerprint density at radius 1 is 1.11 bits per heavy atom. The summed E-state index contributed by atoms with van der Waals surface area (Å²) in [4.78, 5) is 3.85. The van der Waals surface area contributed by atoms with E-state index in [0.29, 0.717) is 26.5 Å². The van der Waals surface area contributed by atoms with Crippen molar-refractivity contribution in [2.75, 3.05) is 0 Å². The predicted molar refractivity (Wildman–Crippen MR) is 63.8 cm³/mol. The van der Waals surface area contributed by atoms with E-state index in [4.69, 9.17) is 26.9 Å². The summed E-state index contributed by atoms with van der Waals surface area (Å²) >= 11 is 5.92. The standard InChI is InChI=1S/C10H8ClN5O3/c11-9-8-1-6(3-15(8)14-5-12-9)7-2-13-16(4-7)10(17,18)19/h1-5,17-19H. The van der Waals surface area contributed by atoms with Gasteiger partial charge in [-0.1, -0.05) is 11.6 Å². The number of rotatable bonds is 2.